The van der Waals surface area contributed by atoms with Crippen molar-refractivity contribution >= 4 is 17.7 Å². The smallest absolute Gasteiger partial charge is 0.327 e. The molecule has 0 amide bonds. The summed E-state index contributed by atoms with van der Waals surface area (Å²) in [6, 6.07) is 6.18. The largest absolute Gasteiger partial charge is 0.490 e. The number of halogens is 1. The first-order valence-electron chi connectivity index (χ1n) is 6.04. The van der Waals surface area contributed by atoms with Crippen molar-refractivity contribution in [3.8, 4) is 5.75 Å². The number of benzene rings is 1. The molecule has 1 aromatic carbocycles. The molecular weight excluding hydrogens is 299 g/mol. The Balaban J connectivity index is 1.80. The number of ether oxygens (including phenoxy) is 2. The Hall–Kier alpha value is -2.16. The molecular formula is C12H13FN4O3S. The second kappa shape index (κ2) is 7.58. The van der Waals surface area contributed by atoms with E-state index in [4.69, 9.17) is 4.74 Å². The van der Waals surface area contributed by atoms with Gasteiger partial charge in [0, 0.05) is 5.75 Å². The number of methoxy groups -OCH3 is 1. The number of para-hydroxylation sites is 1. The number of hydrogen-bond acceptors (Lipinski definition) is 7. The summed E-state index contributed by atoms with van der Waals surface area (Å²) in [6.07, 6.45) is 0. The predicted molar refractivity (Wildman–Crippen MR) is 72.5 cm³/mol. The Morgan fingerprint density at radius 2 is 2.24 bits per heavy atom. The Morgan fingerprint density at radius 3 is 3.00 bits per heavy atom. The van der Waals surface area contributed by atoms with E-state index in [1.165, 1.54) is 29.6 Å². The quantitative estimate of drug-likeness (QED) is 0.431. The van der Waals surface area contributed by atoms with E-state index in [0.717, 1.165) is 0 Å². The van der Waals surface area contributed by atoms with E-state index in [0.29, 0.717) is 10.9 Å². The normalized spacial score (nSPS) is 10.4. The maximum atomic E-state index is 13.3. The zero-order valence-corrected chi connectivity index (χ0v) is 12.0. The van der Waals surface area contributed by atoms with Crippen LogP contribution in [0.4, 0.5) is 4.39 Å². The van der Waals surface area contributed by atoms with E-state index in [-0.39, 0.29) is 18.9 Å². The third-order valence-electron chi connectivity index (χ3n) is 2.41. The van der Waals surface area contributed by atoms with Crippen LogP contribution in [0.1, 0.15) is 0 Å². The summed E-state index contributed by atoms with van der Waals surface area (Å²) >= 11 is 1.30. The van der Waals surface area contributed by atoms with Gasteiger partial charge in [-0.1, -0.05) is 23.9 Å². The van der Waals surface area contributed by atoms with Crippen LogP contribution in [-0.2, 0) is 16.1 Å². The fraction of sp³-hybridized carbons (Fsp3) is 0.333. The van der Waals surface area contributed by atoms with Crippen LogP contribution >= 0.6 is 11.8 Å². The van der Waals surface area contributed by atoms with Crippen LogP contribution in [-0.4, -0.2) is 45.6 Å². The van der Waals surface area contributed by atoms with Gasteiger partial charge >= 0.3 is 5.97 Å². The van der Waals surface area contributed by atoms with Crippen LogP contribution in [0.3, 0.4) is 0 Å². The highest BCUT2D eigenvalue weighted by Crippen LogP contribution is 2.17. The van der Waals surface area contributed by atoms with Crippen molar-refractivity contribution < 1.29 is 18.7 Å². The molecule has 112 valence electrons. The monoisotopic (exact) mass is 312 g/mol. The maximum Gasteiger partial charge on any atom is 0.327 e. The molecule has 7 nitrogen and oxygen atoms in total. The molecule has 0 fully saturated rings. The van der Waals surface area contributed by atoms with Gasteiger partial charge in [0.2, 0.25) is 5.16 Å². The third-order valence-corrected chi connectivity index (χ3v) is 3.34. The van der Waals surface area contributed by atoms with Gasteiger partial charge in [-0.2, -0.15) is 0 Å². The average molecular weight is 312 g/mol. The van der Waals surface area contributed by atoms with Crippen molar-refractivity contribution in [2.75, 3.05) is 19.5 Å². The fourth-order valence-corrected chi connectivity index (χ4v) is 2.13. The number of carbonyl (C=O) groups excluding carboxylic acids is 1. The van der Waals surface area contributed by atoms with Crippen molar-refractivity contribution in [1.82, 2.24) is 20.2 Å². The highest BCUT2D eigenvalue weighted by molar-refractivity contribution is 7.99. The summed E-state index contributed by atoms with van der Waals surface area (Å²) in [4.78, 5) is 11.2. The Bertz CT molecular complexity index is 608. The van der Waals surface area contributed by atoms with Crippen molar-refractivity contribution in [2.24, 2.45) is 0 Å². The summed E-state index contributed by atoms with van der Waals surface area (Å²) in [6.45, 7) is 0.233. The number of tetrazole rings is 1. The van der Waals surface area contributed by atoms with Gasteiger partial charge in [0.05, 0.1) is 13.7 Å². The summed E-state index contributed by atoms with van der Waals surface area (Å²) in [5.41, 5.74) is 0. The summed E-state index contributed by atoms with van der Waals surface area (Å²) in [5.74, 6) is -0.132. The Morgan fingerprint density at radius 1 is 1.43 bits per heavy atom. The molecule has 0 aliphatic heterocycles. The number of carbonyl (C=O) groups is 1. The number of hydrogen-bond donors (Lipinski definition) is 0. The van der Waals surface area contributed by atoms with E-state index >= 15 is 0 Å². The van der Waals surface area contributed by atoms with Gasteiger partial charge in [-0.15, -0.1) is 5.10 Å². The van der Waals surface area contributed by atoms with Crippen molar-refractivity contribution in [2.45, 2.75) is 11.7 Å². The molecule has 0 aliphatic carbocycles. The van der Waals surface area contributed by atoms with E-state index in [9.17, 15) is 9.18 Å². The molecule has 2 rings (SSSR count). The molecule has 9 heteroatoms. The van der Waals surface area contributed by atoms with Gasteiger partial charge in [0.1, 0.15) is 6.54 Å². The predicted octanol–water partition coefficient (Wildman–Crippen LogP) is 1.16. The molecule has 0 bridgehead atoms. The SMILES string of the molecule is COC(=O)Cn1nnnc1SCCOc1ccccc1F. The molecule has 2 aromatic rings. The molecule has 1 heterocycles. The lowest BCUT2D eigenvalue weighted by Gasteiger charge is -2.06. The number of thioether (sulfide) groups is 1. The zero-order chi connectivity index (χ0) is 15.1. The second-order valence-corrected chi connectivity index (χ2v) is 4.88. The number of nitrogens with zero attached hydrogens (tertiary/aromatic N) is 4. The van der Waals surface area contributed by atoms with Crippen LogP contribution in [0, 0.1) is 5.82 Å². The van der Waals surface area contributed by atoms with Gasteiger partial charge < -0.3 is 9.47 Å². The van der Waals surface area contributed by atoms with Gasteiger partial charge in [-0.25, -0.2) is 9.07 Å². The number of esters is 1. The van der Waals surface area contributed by atoms with Crippen LogP contribution in [0.2, 0.25) is 0 Å². The van der Waals surface area contributed by atoms with Crippen LogP contribution in [0.15, 0.2) is 29.4 Å². The fourth-order valence-electron chi connectivity index (χ4n) is 1.43. The molecule has 0 saturated heterocycles. The molecule has 0 radical (unpaired) electrons. The Kier molecular flexibility index (Phi) is 5.50. The maximum absolute atomic E-state index is 13.3. The highest BCUT2D eigenvalue weighted by Gasteiger charge is 2.11. The summed E-state index contributed by atoms with van der Waals surface area (Å²) in [5, 5.41) is 11.4. The molecule has 0 unspecified atom stereocenters. The zero-order valence-electron chi connectivity index (χ0n) is 11.2. The molecule has 1 aromatic heterocycles. The second-order valence-electron chi connectivity index (χ2n) is 3.82. The summed E-state index contributed by atoms with van der Waals surface area (Å²) < 4.78 is 24.5. The van der Waals surface area contributed by atoms with E-state index in [1.54, 1.807) is 18.2 Å². The molecule has 0 atom stereocenters. The minimum absolute atomic E-state index is 0.0556. The van der Waals surface area contributed by atoms with Crippen molar-refractivity contribution in [3.05, 3.63) is 30.1 Å². The first-order valence-corrected chi connectivity index (χ1v) is 7.02. The first-order chi connectivity index (χ1) is 10.2. The van der Waals surface area contributed by atoms with E-state index in [2.05, 4.69) is 20.3 Å². The van der Waals surface area contributed by atoms with Crippen LogP contribution < -0.4 is 4.74 Å². The highest BCUT2D eigenvalue weighted by atomic mass is 32.2. The van der Waals surface area contributed by atoms with Gasteiger partial charge in [-0.3, -0.25) is 4.79 Å². The lowest BCUT2D eigenvalue weighted by Crippen LogP contribution is -2.14. The van der Waals surface area contributed by atoms with Crippen molar-refractivity contribution in [1.29, 1.82) is 0 Å². The Labute approximate surface area is 124 Å². The standard InChI is InChI=1S/C12H13FN4O3S/c1-19-11(18)8-17-12(14-15-16-17)21-7-6-20-10-5-3-2-4-9(10)13/h2-5H,6-8H2,1H3. The lowest BCUT2D eigenvalue weighted by atomic mass is 10.3. The number of aromatic nitrogens is 4. The van der Waals surface area contributed by atoms with Gasteiger partial charge in [0.25, 0.3) is 0 Å². The first kappa shape index (κ1) is 15.2. The van der Waals surface area contributed by atoms with Crippen LogP contribution in [0.5, 0.6) is 5.75 Å². The number of rotatable bonds is 7. The van der Waals surface area contributed by atoms with Gasteiger partial charge in [0.15, 0.2) is 11.6 Å². The minimum atomic E-state index is -0.438. The van der Waals surface area contributed by atoms with E-state index in [1.807, 2.05) is 0 Å². The molecule has 0 spiro atoms. The summed E-state index contributed by atoms with van der Waals surface area (Å²) in [7, 11) is 1.29. The molecule has 0 saturated carbocycles. The molecule has 0 aliphatic rings. The molecule has 21 heavy (non-hydrogen) atoms. The van der Waals surface area contributed by atoms with Crippen LogP contribution in [0.25, 0.3) is 0 Å². The lowest BCUT2D eigenvalue weighted by molar-refractivity contribution is -0.141. The molecule has 0 N–H and O–H groups in total. The average Bonchev–Trinajstić information content (AvgIpc) is 2.92. The third kappa shape index (κ3) is 4.42. The topological polar surface area (TPSA) is 79.1 Å². The van der Waals surface area contributed by atoms with E-state index < -0.39 is 11.8 Å². The van der Waals surface area contributed by atoms with Crippen molar-refractivity contribution in [3.63, 3.8) is 0 Å². The van der Waals surface area contributed by atoms with Gasteiger partial charge in [-0.05, 0) is 22.6 Å². The minimum Gasteiger partial charge on any atom is -0.490 e.